The van der Waals surface area contributed by atoms with E-state index in [9.17, 15) is 4.79 Å². The zero-order chi connectivity index (χ0) is 17.1. The number of amides is 1. The lowest BCUT2D eigenvalue weighted by Gasteiger charge is -2.34. The van der Waals surface area contributed by atoms with E-state index in [1.165, 1.54) is 25.9 Å². The molecule has 3 atom stereocenters. The van der Waals surface area contributed by atoms with Gasteiger partial charge >= 0.3 is 0 Å². The first kappa shape index (κ1) is 16.9. The van der Waals surface area contributed by atoms with Gasteiger partial charge in [-0.2, -0.15) is 0 Å². The lowest BCUT2D eigenvalue weighted by atomic mass is 9.91. The summed E-state index contributed by atoms with van der Waals surface area (Å²) in [5.74, 6) is 0.886. The van der Waals surface area contributed by atoms with E-state index in [1.807, 2.05) is 0 Å². The number of ether oxygens (including phenoxy) is 1. The van der Waals surface area contributed by atoms with Crippen molar-refractivity contribution in [3.8, 4) is 0 Å². The number of nitrogens with one attached hydrogen (secondary N) is 1. The van der Waals surface area contributed by atoms with E-state index < -0.39 is 0 Å². The first-order valence-electron chi connectivity index (χ1n) is 9.45. The minimum Gasteiger partial charge on any atom is -0.364 e. The van der Waals surface area contributed by atoms with Gasteiger partial charge in [-0.15, -0.1) is 0 Å². The number of carbonyl (C=O) groups is 1. The first-order chi connectivity index (χ1) is 12.3. The fourth-order valence-electron chi connectivity index (χ4n) is 4.23. The van der Waals surface area contributed by atoms with E-state index in [-0.39, 0.29) is 18.1 Å². The normalized spacial score (nSPS) is 30.3. The summed E-state index contributed by atoms with van der Waals surface area (Å²) in [6.45, 7) is 6.85. The Morgan fingerprint density at radius 1 is 1.20 bits per heavy atom. The molecule has 0 radical (unpaired) electrons. The van der Waals surface area contributed by atoms with Crippen molar-refractivity contribution in [1.29, 1.82) is 0 Å². The van der Waals surface area contributed by atoms with Crippen molar-refractivity contribution in [1.82, 2.24) is 19.8 Å². The van der Waals surface area contributed by atoms with E-state index in [4.69, 9.17) is 4.74 Å². The molecule has 0 unspecified atom stereocenters. The van der Waals surface area contributed by atoms with Gasteiger partial charge in [0.15, 0.2) is 5.82 Å². The van der Waals surface area contributed by atoms with Gasteiger partial charge in [-0.1, -0.05) is 0 Å². The fraction of sp³-hybridized carbons (Fsp3) is 0.722. The third-order valence-corrected chi connectivity index (χ3v) is 5.67. The third-order valence-electron chi connectivity index (χ3n) is 5.67. The van der Waals surface area contributed by atoms with Crippen molar-refractivity contribution < 1.29 is 9.53 Å². The van der Waals surface area contributed by atoms with E-state index in [1.54, 1.807) is 18.6 Å². The van der Waals surface area contributed by atoms with Gasteiger partial charge in [-0.25, -0.2) is 4.98 Å². The second kappa shape index (κ2) is 7.76. The lowest BCUT2D eigenvalue weighted by Crippen LogP contribution is -2.45. The quantitative estimate of drug-likeness (QED) is 0.858. The Kier molecular flexibility index (Phi) is 5.24. The van der Waals surface area contributed by atoms with Crippen molar-refractivity contribution in [2.45, 2.75) is 37.9 Å². The Hall–Kier alpha value is -1.57. The van der Waals surface area contributed by atoms with Gasteiger partial charge in [0, 0.05) is 32.0 Å². The van der Waals surface area contributed by atoms with E-state index in [0.29, 0.717) is 11.7 Å². The predicted octanol–water partition coefficient (Wildman–Crippen LogP) is 0.990. The van der Waals surface area contributed by atoms with Gasteiger partial charge < -0.3 is 15.0 Å². The van der Waals surface area contributed by atoms with Crippen LogP contribution in [-0.2, 0) is 9.53 Å². The molecular formula is C18H27N5O2. The van der Waals surface area contributed by atoms with Crippen LogP contribution in [0.15, 0.2) is 18.6 Å². The van der Waals surface area contributed by atoms with Crippen LogP contribution in [0.5, 0.6) is 0 Å². The number of hydrogen-bond donors (Lipinski definition) is 1. The summed E-state index contributed by atoms with van der Waals surface area (Å²) >= 11 is 0. The van der Waals surface area contributed by atoms with Gasteiger partial charge in [0.25, 0.3) is 5.91 Å². The molecule has 0 bridgehead atoms. The molecule has 136 valence electrons. The van der Waals surface area contributed by atoms with Gasteiger partial charge in [0.2, 0.25) is 0 Å². The molecule has 1 aromatic heterocycles. The number of piperidine rings is 1. The molecule has 4 heterocycles. The summed E-state index contributed by atoms with van der Waals surface area (Å²) in [6, 6.07) is 0. The van der Waals surface area contributed by atoms with Crippen LogP contribution in [0.25, 0.3) is 0 Å². The highest BCUT2D eigenvalue weighted by molar-refractivity contribution is 5.93. The van der Waals surface area contributed by atoms with Crippen LogP contribution in [0, 0.1) is 5.92 Å². The number of rotatable bonds is 5. The third kappa shape index (κ3) is 4.16. The molecular weight excluding hydrogens is 318 g/mol. The van der Waals surface area contributed by atoms with Crippen LogP contribution in [0.2, 0.25) is 0 Å². The van der Waals surface area contributed by atoms with Gasteiger partial charge in [-0.3, -0.25) is 14.7 Å². The topological polar surface area (TPSA) is 70.6 Å². The molecule has 1 aromatic rings. The molecule has 4 rings (SSSR count). The molecule has 3 fully saturated rings. The smallest absolute Gasteiger partial charge is 0.254 e. The molecule has 0 aromatic carbocycles. The van der Waals surface area contributed by atoms with Crippen LogP contribution in [-0.4, -0.2) is 77.2 Å². The minimum absolute atomic E-state index is 0.0986. The molecule has 7 heteroatoms. The number of likely N-dealkylation sites (tertiary alicyclic amines) is 2. The highest BCUT2D eigenvalue weighted by Gasteiger charge is 2.41. The molecule has 0 aliphatic carbocycles. The van der Waals surface area contributed by atoms with E-state index in [0.717, 1.165) is 39.0 Å². The molecule has 3 saturated heterocycles. The van der Waals surface area contributed by atoms with Crippen LogP contribution in [0.4, 0.5) is 5.82 Å². The molecule has 0 spiro atoms. The molecule has 1 N–H and O–H groups in total. The SMILES string of the molecule is O=C(Nc1cnccn1)[C@@H]1C[C@H]2CCN(CCN3CCCC3)C[C@@H]2O1. The highest BCUT2D eigenvalue weighted by atomic mass is 16.5. The zero-order valence-corrected chi connectivity index (χ0v) is 14.6. The number of nitrogens with zero attached hydrogens (tertiary/aromatic N) is 4. The Bertz CT molecular complexity index is 578. The van der Waals surface area contributed by atoms with Crippen LogP contribution < -0.4 is 5.32 Å². The number of carbonyl (C=O) groups excluding carboxylic acids is 1. The minimum atomic E-state index is -0.365. The van der Waals surface area contributed by atoms with E-state index >= 15 is 0 Å². The fourth-order valence-corrected chi connectivity index (χ4v) is 4.23. The molecule has 1 amide bonds. The molecule has 3 aliphatic rings. The number of anilines is 1. The standard InChI is InChI=1S/C18H27N5O2/c24-18(21-17-12-19-4-5-20-17)15-11-14-3-8-23(13-16(14)25-15)10-9-22-6-1-2-7-22/h4-5,12,14-16H,1-3,6-11,13H2,(H,20,21,24)/t14-,15+,16+/m1/s1. The number of aromatic nitrogens is 2. The summed E-state index contributed by atoms with van der Waals surface area (Å²) in [4.78, 5) is 25.5. The zero-order valence-electron chi connectivity index (χ0n) is 14.6. The first-order valence-corrected chi connectivity index (χ1v) is 9.45. The van der Waals surface area contributed by atoms with Crippen LogP contribution in [0.3, 0.4) is 0 Å². The Labute approximate surface area is 148 Å². The lowest BCUT2D eigenvalue weighted by molar-refractivity contribution is -0.127. The Morgan fingerprint density at radius 3 is 2.84 bits per heavy atom. The summed E-state index contributed by atoms with van der Waals surface area (Å²) in [6.07, 6.45) is 9.17. The second-order valence-electron chi connectivity index (χ2n) is 7.38. The van der Waals surface area contributed by atoms with Gasteiger partial charge in [0.05, 0.1) is 12.3 Å². The molecule has 7 nitrogen and oxygen atoms in total. The second-order valence-corrected chi connectivity index (χ2v) is 7.38. The summed E-state index contributed by atoms with van der Waals surface area (Å²) in [5, 5.41) is 2.81. The molecule has 25 heavy (non-hydrogen) atoms. The summed E-state index contributed by atoms with van der Waals surface area (Å²) < 4.78 is 6.09. The van der Waals surface area contributed by atoms with Crippen molar-refractivity contribution in [2.75, 3.05) is 44.6 Å². The van der Waals surface area contributed by atoms with Crippen LogP contribution >= 0.6 is 0 Å². The van der Waals surface area contributed by atoms with E-state index in [2.05, 4.69) is 25.1 Å². The molecule has 0 saturated carbocycles. The maximum atomic E-state index is 12.4. The Balaban J connectivity index is 1.25. The molecule has 3 aliphatic heterocycles. The maximum Gasteiger partial charge on any atom is 0.254 e. The maximum absolute atomic E-state index is 12.4. The Morgan fingerprint density at radius 2 is 2.04 bits per heavy atom. The summed E-state index contributed by atoms with van der Waals surface area (Å²) in [7, 11) is 0. The highest BCUT2D eigenvalue weighted by Crippen LogP contribution is 2.33. The number of fused-ring (bicyclic) bond motifs is 1. The van der Waals surface area contributed by atoms with Crippen molar-refractivity contribution in [2.24, 2.45) is 5.92 Å². The van der Waals surface area contributed by atoms with Gasteiger partial charge in [-0.05, 0) is 51.2 Å². The number of hydrogen-bond acceptors (Lipinski definition) is 6. The van der Waals surface area contributed by atoms with Crippen molar-refractivity contribution in [3.05, 3.63) is 18.6 Å². The largest absolute Gasteiger partial charge is 0.364 e. The van der Waals surface area contributed by atoms with Crippen molar-refractivity contribution >= 4 is 11.7 Å². The van der Waals surface area contributed by atoms with Gasteiger partial charge in [0.1, 0.15) is 6.10 Å². The van der Waals surface area contributed by atoms with Crippen LogP contribution in [0.1, 0.15) is 25.7 Å². The average molecular weight is 345 g/mol. The summed E-state index contributed by atoms with van der Waals surface area (Å²) in [5.41, 5.74) is 0. The average Bonchev–Trinajstić information content (AvgIpc) is 3.30. The predicted molar refractivity (Wildman–Crippen MR) is 94.2 cm³/mol. The van der Waals surface area contributed by atoms with Crippen molar-refractivity contribution in [3.63, 3.8) is 0 Å². The monoisotopic (exact) mass is 345 g/mol.